The van der Waals surface area contributed by atoms with E-state index in [-0.39, 0.29) is 12.5 Å². The van der Waals surface area contributed by atoms with Gasteiger partial charge in [0.15, 0.2) is 5.82 Å². The third-order valence-corrected chi connectivity index (χ3v) is 5.80. The van der Waals surface area contributed by atoms with Crippen molar-refractivity contribution in [1.82, 2.24) is 19.8 Å². The highest BCUT2D eigenvalue weighted by Gasteiger charge is 2.23. The molecule has 1 aromatic carbocycles. The van der Waals surface area contributed by atoms with Gasteiger partial charge in [-0.25, -0.2) is 4.68 Å². The molecule has 0 radical (unpaired) electrons. The summed E-state index contributed by atoms with van der Waals surface area (Å²) in [6, 6.07) is 6.32. The summed E-state index contributed by atoms with van der Waals surface area (Å²) < 4.78 is 7.22. The molecule has 3 rings (SSSR count). The highest BCUT2D eigenvalue weighted by atomic mass is 32.2. The van der Waals surface area contributed by atoms with Gasteiger partial charge in [-0.2, -0.15) is 0 Å². The molecule has 0 unspecified atom stereocenters. The molecular formula is C19H27N5O2S. The topological polar surface area (TPSA) is 86.3 Å². The molecule has 1 aliphatic rings. The van der Waals surface area contributed by atoms with E-state index in [0.717, 1.165) is 30.7 Å². The van der Waals surface area contributed by atoms with Crippen LogP contribution in [0.2, 0.25) is 0 Å². The number of nitrogen functional groups attached to an aromatic ring is 1. The Kier molecular flexibility index (Phi) is 6.26. The van der Waals surface area contributed by atoms with Gasteiger partial charge in [-0.3, -0.25) is 4.79 Å². The zero-order valence-electron chi connectivity index (χ0n) is 16.1. The standard InChI is InChI=1S/C19H27N5O2S/c1-13-7-8-16(14(2)10-13)26-11-17-21-22-19(24(17)20)27-12-18(25)23-9-5-4-6-15(23)3/h7-8,10,15H,4-6,9,11-12,20H2,1-3H3/t15-/m1/s1. The first kappa shape index (κ1) is 19.5. The van der Waals surface area contributed by atoms with Crippen LogP contribution in [0.25, 0.3) is 0 Å². The number of hydrogen-bond acceptors (Lipinski definition) is 6. The Morgan fingerprint density at radius 2 is 2.15 bits per heavy atom. The predicted molar refractivity (Wildman–Crippen MR) is 106 cm³/mol. The Labute approximate surface area is 164 Å². The first-order chi connectivity index (χ1) is 13.0. The first-order valence-corrected chi connectivity index (χ1v) is 10.3. The summed E-state index contributed by atoms with van der Waals surface area (Å²) in [6.45, 7) is 7.22. The molecule has 2 aromatic rings. The monoisotopic (exact) mass is 389 g/mol. The van der Waals surface area contributed by atoms with Gasteiger partial charge < -0.3 is 15.5 Å². The molecule has 1 amide bonds. The van der Waals surface area contributed by atoms with Crippen LogP contribution in [0.3, 0.4) is 0 Å². The van der Waals surface area contributed by atoms with E-state index in [9.17, 15) is 4.79 Å². The normalized spacial score (nSPS) is 17.1. The van der Waals surface area contributed by atoms with Crippen molar-refractivity contribution in [2.45, 2.75) is 57.8 Å². The Bertz CT molecular complexity index is 807. The van der Waals surface area contributed by atoms with Crippen molar-refractivity contribution in [2.75, 3.05) is 18.1 Å². The molecule has 1 atom stereocenters. The quantitative estimate of drug-likeness (QED) is 0.604. The molecule has 0 saturated carbocycles. The smallest absolute Gasteiger partial charge is 0.233 e. The van der Waals surface area contributed by atoms with E-state index in [1.807, 2.05) is 30.9 Å². The fraction of sp³-hybridized carbons (Fsp3) is 0.526. The SMILES string of the molecule is Cc1ccc(OCc2nnc(SCC(=O)N3CCCC[C@H]3C)n2N)c(C)c1. The molecule has 7 nitrogen and oxygen atoms in total. The molecule has 0 spiro atoms. The number of rotatable bonds is 6. The second-order valence-electron chi connectivity index (χ2n) is 7.05. The molecule has 0 aliphatic carbocycles. The summed E-state index contributed by atoms with van der Waals surface area (Å²) in [5.74, 6) is 7.86. The summed E-state index contributed by atoms with van der Waals surface area (Å²) in [6.07, 6.45) is 3.34. The van der Waals surface area contributed by atoms with E-state index < -0.39 is 0 Å². The van der Waals surface area contributed by atoms with Gasteiger partial charge in [0, 0.05) is 12.6 Å². The Morgan fingerprint density at radius 1 is 1.33 bits per heavy atom. The molecule has 1 aliphatic heterocycles. The third kappa shape index (κ3) is 4.74. The van der Waals surface area contributed by atoms with Crippen LogP contribution < -0.4 is 10.6 Å². The van der Waals surface area contributed by atoms with Crippen LogP contribution in [-0.4, -0.2) is 44.0 Å². The minimum absolute atomic E-state index is 0.128. The maximum absolute atomic E-state index is 12.5. The number of piperidine rings is 1. The minimum atomic E-state index is 0.128. The van der Waals surface area contributed by atoms with E-state index in [0.29, 0.717) is 22.8 Å². The number of thioether (sulfide) groups is 1. The van der Waals surface area contributed by atoms with Gasteiger partial charge in [0.25, 0.3) is 0 Å². The Balaban J connectivity index is 1.56. The molecule has 2 heterocycles. The summed E-state index contributed by atoms with van der Waals surface area (Å²) >= 11 is 1.32. The van der Waals surface area contributed by atoms with Crippen LogP contribution in [0.4, 0.5) is 0 Å². The van der Waals surface area contributed by atoms with Crippen LogP contribution >= 0.6 is 11.8 Å². The van der Waals surface area contributed by atoms with E-state index in [1.54, 1.807) is 0 Å². The fourth-order valence-corrected chi connectivity index (χ4v) is 4.05. The highest BCUT2D eigenvalue weighted by Crippen LogP contribution is 2.22. The molecule has 8 heteroatoms. The average Bonchev–Trinajstić information content (AvgIpc) is 2.99. The number of hydrogen-bond donors (Lipinski definition) is 1. The number of carbonyl (C=O) groups excluding carboxylic acids is 1. The van der Waals surface area contributed by atoms with Crippen molar-refractivity contribution >= 4 is 17.7 Å². The van der Waals surface area contributed by atoms with E-state index in [1.165, 1.54) is 28.4 Å². The highest BCUT2D eigenvalue weighted by molar-refractivity contribution is 7.99. The van der Waals surface area contributed by atoms with Gasteiger partial charge >= 0.3 is 0 Å². The van der Waals surface area contributed by atoms with Gasteiger partial charge in [0.2, 0.25) is 11.1 Å². The van der Waals surface area contributed by atoms with Crippen molar-refractivity contribution in [3.8, 4) is 5.75 Å². The van der Waals surface area contributed by atoms with Crippen molar-refractivity contribution in [3.05, 3.63) is 35.2 Å². The Hall–Kier alpha value is -2.22. The summed E-state index contributed by atoms with van der Waals surface area (Å²) in [7, 11) is 0. The largest absolute Gasteiger partial charge is 0.485 e. The van der Waals surface area contributed by atoms with E-state index >= 15 is 0 Å². The second-order valence-corrected chi connectivity index (χ2v) is 7.99. The lowest BCUT2D eigenvalue weighted by Crippen LogP contribution is -2.43. The second kappa shape index (κ2) is 8.65. The number of likely N-dealkylation sites (tertiary alicyclic amines) is 1. The van der Waals surface area contributed by atoms with Crippen molar-refractivity contribution in [2.24, 2.45) is 0 Å². The number of amides is 1. The van der Waals surface area contributed by atoms with Crippen LogP contribution in [0, 0.1) is 13.8 Å². The minimum Gasteiger partial charge on any atom is -0.485 e. The summed E-state index contributed by atoms with van der Waals surface area (Å²) in [5.41, 5.74) is 2.25. The number of aryl methyl sites for hydroxylation is 2. The first-order valence-electron chi connectivity index (χ1n) is 9.27. The van der Waals surface area contributed by atoms with E-state index in [2.05, 4.69) is 23.2 Å². The summed E-state index contributed by atoms with van der Waals surface area (Å²) in [5, 5.41) is 8.72. The van der Waals surface area contributed by atoms with Crippen molar-refractivity contribution in [1.29, 1.82) is 0 Å². The van der Waals surface area contributed by atoms with Crippen LogP contribution in [0.1, 0.15) is 43.1 Å². The number of nitrogens with zero attached hydrogens (tertiary/aromatic N) is 4. The van der Waals surface area contributed by atoms with Crippen LogP contribution in [0.15, 0.2) is 23.4 Å². The molecule has 146 valence electrons. The lowest BCUT2D eigenvalue weighted by atomic mass is 10.0. The number of aromatic nitrogens is 3. The van der Waals surface area contributed by atoms with Gasteiger partial charge in [0.1, 0.15) is 12.4 Å². The van der Waals surface area contributed by atoms with Gasteiger partial charge in [-0.15, -0.1) is 10.2 Å². The zero-order chi connectivity index (χ0) is 19.4. The van der Waals surface area contributed by atoms with Gasteiger partial charge in [-0.05, 0) is 51.7 Å². The average molecular weight is 390 g/mol. The van der Waals surface area contributed by atoms with Crippen LogP contribution in [0.5, 0.6) is 5.75 Å². The number of benzene rings is 1. The molecule has 1 aromatic heterocycles. The maximum Gasteiger partial charge on any atom is 0.233 e. The summed E-state index contributed by atoms with van der Waals surface area (Å²) in [4.78, 5) is 14.4. The van der Waals surface area contributed by atoms with E-state index in [4.69, 9.17) is 10.6 Å². The zero-order valence-corrected chi connectivity index (χ0v) is 17.0. The molecule has 1 fully saturated rings. The fourth-order valence-electron chi connectivity index (χ4n) is 3.29. The van der Waals surface area contributed by atoms with Gasteiger partial charge in [-0.1, -0.05) is 29.5 Å². The number of ether oxygens (including phenoxy) is 1. The van der Waals surface area contributed by atoms with Gasteiger partial charge in [0.05, 0.1) is 5.75 Å². The molecule has 0 bridgehead atoms. The number of nitrogens with two attached hydrogens (primary N) is 1. The lowest BCUT2D eigenvalue weighted by molar-refractivity contribution is -0.131. The molecule has 2 N–H and O–H groups in total. The maximum atomic E-state index is 12.5. The number of carbonyl (C=O) groups is 1. The molecular weight excluding hydrogens is 362 g/mol. The van der Waals surface area contributed by atoms with Crippen molar-refractivity contribution < 1.29 is 9.53 Å². The lowest BCUT2D eigenvalue weighted by Gasteiger charge is -2.33. The van der Waals surface area contributed by atoms with Crippen molar-refractivity contribution in [3.63, 3.8) is 0 Å². The molecule has 1 saturated heterocycles. The van der Waals surface area contributed by atoms with Crippen LogP contribution in [-0.2, 0) is 11.4 Å². The molecule has 27 heavy (non-hydrogen) atoms. The predicted octanol–water partition coefficient (Wildman–Crippen LogP) is 2.68. The Morgan fingerprint density at radius 3 is 2.89 bits per heavy atom. The third-order valence-electron chi connectivity index (χ3n) is 4.87.